The van der Waals surface area contributed by atoms with Gasteiger partial charge in [0.1, 0.15) is 11.3 Å². The number of anilines is 3. The third-order valence-corrected chi connectivity index (χ3v) is 5.47. The molecule has 4 N–H and O–H groups in total. The summed E-state index contributed by atoms with van der Waals surface area (Å²) in [5.41, 5.74) is 9.39. The monoisotopic (exact) mass is 413 g/mol. The Kier molecular flexibility index (Phi) is 4.95. The zero-order valence-electron chi connectivity index (χ0n) is 17.0. The first-order chi connectivity index (χ1) is 15.2. The summed E-state index contributed by atoms with van der Waals surface area (Å²) < 4.78 is 0. The molecule has 4 heterocycles. The van der Waals surface area contributed by atoms with Crippen molar-refractivity contribution in [1.82, 2.24) is 19.9 Å². The van der Waals surface area contributed by atoms with Gasteiger partial charge in [-0.15, -0.1) is 0 Å². The van der Waals surface area contributed by atoms with Gasteiger partial charge >= 0.3 is 0 Å². The molecule has 8 nitrogen and oxygen atoms in total. The number of rotatable bonds is 4. The maximum absolute atomic E-state index is 12.5. The second-order valence-electron chi connectivity index (χ2n) is 7.66. The normalized spacial score (nSPS) is 14.0. The number of nitrogens with zero attached hydrogens (tertiary/aromatic N) is 4. The smallest absolute Gasteiger partial charge is 0.257 e. The molecule has 8 heteroatoms. The Morgan fingerprint density at radius 1 is 1.06 bits per heavy atom. The highest BCUT2D eigenvalue weighted by molar-refractivity contribution is 6.04. The van der Waals surface area contributed by atoms with E-state index in [0.717, 1.165) is 35.5 Å². The fourth-order valence-corrected chi connectivity index (χ4v) is 3.87. The highest BCUT2D eigenvalue weighted by Crippen LogP contribution is 2.29. The Hall–Kier alpha value is -3.94. The first-order valence-electron chi connectivity index (χ1n) is 10.4. The third kappa shape index (κ3) is 3.92. The Balaban J connectivity index is 1.46. The number of nitrogens with one attached hydrogen (secondary N) is 2. The number of carbonyl (C=O) groups is 1. The van der Waals surface area contributed by atoms with Crippen LogP contribution >= 0.6 is 0 Å². The van der Waals surface area contributed by atoms with Crippen LogP contribution in [0.4, 0.5) is 17.3 Å². The van der Waals surface area contributed by atoms with Crippen LogP contribution in [0.3, 0.4) is 0 Å². The number of nitrogens with two attached hydrogens (primary N) is 1. The van der Waals surface area contributed by atoms with Crippen molar-refractivity contribution < 1.29 is 4.79 Å². The molecule has 0 radical (unpaired) electrons. The van der Waals surface area contributed by atoms with Gasteiger partial charge in [-0.25, -0.2) is 15.0 Å². The van der Waals surface area contributed by atoms with Gasteiger partial charge in [0.2, 0.25) is 0 Å². The van der Waals surface area contributed by atoms with E-state index in [9.17, 15) is 4.79 Å². The number of fused-ring (bicyclic) bond motifs is 1. The van der Waals surface area contributed by atoms with Crippen molar-refractivity contribution in [2.75, 3.05) is 29.0 Å². The van der Waals surface area contributed by atoms with Crippen LogP contribution < -0.4 is 16.0 Å². The first kappa shape index (κ1) is 19.0. The van der Waals surface area contributed by atoms with Gasteiger partial charge in [0.25, 0.3) is 5.91 Å². The second-order valence-corrected chi connectivity index (χ2v) is 7.66. The number of H-pyrrole nitrogens is 1. The minimum Gasteiger partial charge on any atom is -0.384 e. The van der Waals surface area contributed by atoms with Crippen LogP contribution in [0.1, 0.15) is 29.6 Å². The SMILES string of the molecule is Nc1ccc(C(=O)Nc2cccc(-c3nc(N4CCCCC4)c4[nH]ccc4n3)c2)cn1. The predicted octanol–water partition coefficient (Wildman–Crippen LogP) is 3.84. The average molecular weight is 413 g/mol. The van der Waals surface area contributed by atoms with Crippen LogP contribution in [0.25, 0.3) is 22.4 Å². The fraction of sp³-hybridized carbons (Fsp3) is 0.217. The van der Waals surface area contributed by atoms with E-state index in [1.807, 2.05) is 36.5 Å². The van der Waals surface area contributed by atoms with E-state index < -0.39 is 0 Å². The summed E-state index contributed by atoms with van der Waals surface area (Å²) in [6, 6.07) is 12.8. The number of pyridine rings is 1. The number of carbonyl (C=O) groups excluding carboxylic acids is 1. The molecule has 1 aliphatic rings. The van der Waals surface area contributed by atoms with Crippen molar-refractivity contribution in [1.29, 1.82) is 0 Å². The summed E-state index contributed by atoms with van der Waals surface area (Å²) in [6.45, 7) is 1.99. The van der Waals surface area contributed by atoms with Crippen LogP contribution in [0.2, 0.25) is 0 Å². The molecule has 4 aromatic rings. The Morgan fingerprint density at radius 3 is 2.74 bits per heavy atom. The number of aromatic amines is 1. The van der Waals surface area contributed by atoms with Crippen LogP contribution in [0.15, 0.2) is 54.9 Å². The minimum atomic E-state index is -0.249. The van der Waals surface area contributed by atoms with Crippen LogP contribution in [-0.2, 0) is 0 Å². The number of piperidine rings is 1. The van der Waals surface area contributed by atoms with E-state index in [-0.39, 0.29) is 5.91 Å². The maximum atomic E-state index is 12.5. The molecular weight excluding hydrogens is 390 g/mol. The number of benzene rings is 1. The number of aromatic nitrogens is 4. The predicted molar refractivity (Wildman–Crippen MR) is 122 cm³/mol. The molecule has 0 unspecified atom stereocenters. The summed E-state index contributed by atoms with van der Waals surface area (Å²) in [7, 11) is 0. The number of amides is 1. The summed E-state index contributed by atoms with van der Waals surface area (Å²) in [5.74, 6) is 1.70. The van der Waals surface area contributed by atoms with Crippen LogP contribution in [0, 0.1) is 0 Å². The van der Waals surface area contributed by atoms with E-state index in [4.69, 9.17) is 15.7 Å². The van der Waals surface area contributed by atoms with E-state index >= 15 is 0 Å². The highest BCUT2D eigenvalue weighted by Gasteiger charge is 2.18. The lowest BCUT2D eigenvalue weighted by Gasteiger charge is -2.28. The Morgan fingerprint density at radius 2 is 1.94 bits per heavy atom. The maximum Gasteiger partial charge on any atom is 0.257 e. The Bertz CT molecular complexity index is 1230. The molecule has 1 saturated heterocycles. The molecule has 3 aromatic heterocycles. The van der Waals surface area contributed by atoms with Gasteiger partial charge < -0.3 is 20.9 Å². The molecule has 0 atom stereocenters. The van der Waals surface area contributed by atoms with Gasteiger partial charge in [0, 0.05) is 36.7 Å². The molecule has 0 saturated carbocycles. The molecule has 31 heavy (non-hydrogen) atoms. The molecular formula is C23H23N7O. The number of nitrogen functional groups attached to an aromatic ring is 1. The average Bonchev–Trinajstić information content (AvgIpc) is 3.28. The summed E-state index contributed by atoms with van der Waals surface area (Å²) >= 11 is 0. The molecule has 1 amide bonds. The summed E-state index contributed by atoms with van der Waals surface area (Å²) in [5, 5.41) is 2.91. The topological polar surface area (TPSA) is 113 Å². The van der Waals surface area contributed by atoms with Gasteiger partial charge in [-0.3, -0.25) is 4.79 Å². The fourth-order valence-electron chi connectivity index (χ4n) is 3.87. The molecule has 0 bridgehead atoms. The van der Waals surface area contributed by atoms with Crippen molar-refractivity contribution in [2.24, 2.45) is 0 Å². The second kappa shape index (κ2) is 8.06. The quantitative estimate of drug-likeness (QED) is 0.468. The molecule has 1 aliphatic heterocycles. The number of hydrogen-bond donors (Lipinski definition) is 3. The van der Waals surface area contributed by atoms with Crippen molar-refractivity contribution in [2.45, 2.75) is 19.3 Å². The molecule has 1 fully saturated rings. The Labute approximate surface area is 179 Å². The summed E-state index contributed by atoms with van der Waals surface area (Å²) in [6.07, 6.45) is 6.95. The van der Waals surface area contributed by atoms with Gasteiger partial charge in [0.05, 0.1) is 11.1 Å². The van der Waals surface area contributed by atoms with E-state index in [2.05, 4.69) is 20.2 Å². The van der Waals surface area contributed by atoms with Gasteiger partial charge in [0.15, 0.2) is 11.6 Å². The zero-order chi connectivity index (χ0) is 21.2. The number of hydrogen-bond acceptors (Lipinski definition) is 6. The van der Waals surface area contributed by atoms with Crippen molar-refractivity contribution in [3.8, 4) is 11.4 Å². The van der Waals surface area contributed by atoms with E-state index in [1.165, 1.54) is 25.5 Å². The standard InChI is InChI=1S/C23H23N7O/c24-19-8-7-16(14-26-19)23(31)27-17-6-4-5-15(13-17)21-28-18-9-10-25-20(18)22(29-21)30-11-2-1-3-12-30/h4-10,13-14,25H,1-3,11-12H2,(H2,24,26)(H,27,31). The lowest BCUT2D eigenvalue weighted by atomic mass is 10.1. The van der Waals surface area contributed by atoms with Crippen molar-refractivity contribution in [3.63, 3.8) is 0 Å². The molecule has 156 valence electrons. The van der Waals surface area contributed by atoms with Crippen LogP contribution in [0.5, 0.6) is 0 Å². The largest absolute Gasteiger partial charge is 0.384 e. The van der Waals surface area contributed by atoms with E-state index in [0.29, 0.717) is 22.9 Å². The summed E-state index contributed by atoms with van der Waals surface area (Å²) in [4.78, 5) is 31.8. The molecule has 5 rings (SSSR count). The van der Waals surface area contributed by atoms with Gasteiger partial charge in [-0.1, -0.05) is 12.1 Å². The van der Waals surface area contributed by atoms with Gasteiger partial charge in [-0.05, 0) is 49.6 Å². The zero-order valence-corrected chi connectivity index (χ0v) is 17.0. The minimum absolute atomic E-state index is 0.249. The molecule has 1 aromatic carbocycles. The van der Waals surface area contributed by atoms with Crippen molar-refractivity contribution >= 4 is 34.3 Å². The molecule has 0 spiro atoms. The lowest BCUT2D eigenvalue weighted by molar-refractivity contribution is 0.102. The van der Waals surface area contributed by atoms with Crippen LogP contribution in [-0.4, -0.2) is 38.9 Å². The first-order valence-corrected chi connectivity index (χ1v) is 10.4. The highest BCUT2D eigenvalue weighted by atomic mass is 16.1. The molecule has 0 aliphatic carbocycles. The third-order valence-electron chi connectivity index (χ3n) is 5.47. The van der Waals surface area contributed by atoms with E-state index in [1.54, 1.807) is 12.1 Å². The van der Waals surface area contributed by atoms with Crippen molar-refractivity contribution in [3.05, 3.63) is 60.4 Å². The van der Waals surface area contributed by atoms with Gasteiger partial charge in [-0.2, -0.15) is 0 Å². The lowest BCUT2D eigenvalue weighted by Crippen LogP contribution is -2.30.